The molecule has 1 saturated heterocycles. The molecule has 0 aromatic heterocycles. The molecule has 106 valence electrons. The van der Waals surface area contributed by atoms with Crippen molar-refractivity contribution >= 4 is 0 Å². The van der Waals surface area contributed by atoms with Gasteiger partial charge in [0.1, 0.15) is 11.6 Å². The lowest BCUT2D eigenvalue weighted by Crippen LogP contribution is -2.31. The van der Waals surface area contributed by atoms with E-state index < -0.39 is 17.7 Å². The Morgan fingerprint density at radius 3 is 2.63 bits per heavy atom. The summed E-state index contributed by atoms with van der Waals surface area (Å²) in [5.74, 6) is 4.31. The van der Waals surface area contributed by atoms with Gasteiger partial charge in [-0.15, -0.1) is 0 Å². The normalized spacial score (nSPS) is 21.3. The predicted octanol–water partition coefficient (Wildman–Crippen LogP) is 2.82. The summed E-state index contributed by atoms with van der Waals surface area (Å²) in [6.07, 6.45) is 4.74. The molecule has 1 aliphatic heterocycles. The van der Waals surface area contributed by atoms with E-state index in [2.05, 4.69) is 5.43 Å². The van der Waals surface area contributed by atoms with Gasteiger partial charge in [0.05, 0.1) is 12.1 Å². The summed E-state index contributed by atoms with van der Waals surface area (Å²) in [6.45, 7) is 0.777. The van der Waals surface area contributed by atoms with Gasteiger partial charge in [-0.25, -0.2) is 8.78 Å². The highest BCUT2D eigenvalue weighted by Crippen LogP contribution is 2.26. The van der Waals surface area contributed by atoms with Crippen molar-refractivity contribution in [3.63, 3.8) is 0 Å². The molecule has 0 spiro atoms. The zero-order valence-corrected chi connectivity index (χ0v) is 10.9. The number of hydrogen-bond donors (Lipinski definition) is 2. The largest absolute Gasteiger partial charge is 0.378 e. The van der Waals surface area contributed by atoms with Crippen LogP contribution in [0.5, 0.6) is 0 Å². The zero-order chi connectivity index (χ0) is 13.7. The second-order valence-corrected chi connectivity index (χ2v) is 4.92. The Balaban J connectivity index is 1.99. The number of nitrogens with two attached hydrogens (primary N) is 1. The predicted molar refractivity (Wildman–Crippen MR) is 69.2 cm³/mol. The summed E-state index contributed by atoms with van der Waals surface area (Å²) < 4.78 is 33.0. The molecule has 5 heteroatoms. The second-order valence-electron chi connectivity index (χ2n) is 4.92. The van der Waals surface area contributed by atoms with Crippen LogP contribution in [0.25, 0.3) is 0 Å². The molecule has 1 aliphatic rings. The number of hydrogen-bond acceptors (Lipinski definition) is 3. The summed E-state index contributed by atoms with van der Waals surface area (Å²) in [4.78, 5) is 0. The fraction of sp³-hybridized carbons (Fsp3) is 0.571. The average Bonchev–Trinajstić information content (AvgIpc) is 2.43. The summed E-state index contributed by atoms with van der Waals surface area (Å²) in [5.41, 5.74) is 2.52. The van der Waals surface area contributed by atoms with Crippen molar-refractivity contribution < 1.29 is 13.5 Å². The molecule has 0 amide bonds. The van der Waals surface area contributed by atoms with Gasteiger partial charge in [0, 0.05) is 12.2 Å². The lowest BCUT2D eigenvalue weighted by molar-refractivity contribution is 0.00842. The minimum absolute atomic E-state index is 0.0146. The highest BCUT2D eigenvalue weighted by Gasteiger charge is 2.21. The third-order valence-corrected chi connectivity index (χ3v) is 3.60. The van der Waals surface area contributed by atoms with E-state index >= 15 is 0 Å². The van der Waals surface area contributed by atoms with Crippen LogP contribution in [0.2, 0.25) is 0 Å². The van der Waals surface area contributed by atoms with E-state index in [0.29, 0.717) is 6.42 Å². The molecule has 1 aromatic carbocycles. The van der Waals surface area contributed by atoms with E-state index in [4.69, 9.17) is 10.6 Å². The quantitative estimate of drug-likeness (QED) is 0.639. The fourth-order valence-corrected chi connectivity index (χ4v) is 2.54. The third kappa shape index (κ3) is 3.72. The summed E-state index contributed by atoms with van der Waals surface area (Å²) >= 11 is 0. The van der Waals surface area contributed by atoms with Crippen LogP contribution in [-0.4, -0.2) is 12.7 Å². The molecule has 1 aromatic rings. The van der Waals surface area contributed by atoms with Crippen LogP contribution in [0.1, 0.15) is 43.7 Å². The molecule has 1 fully saturated rings. The lowest BCUT2D eigenvalue weighted by Gasteiger charge is -2.25. The van der Waals surface area contributed by atoms with Crippen LogP contribution in [0.3, 0.4) is 0 Å². The standard InChI is InChI=1S/C14H20F2N2O/c15-11-5-3-6-12(16)14(11)13(18-17)8-7-10-4-1-2-9-19-10/h3,5-6,10,13,18H,1-2,4,7-9,17H2. The Hall–Kier alpha value is -1.04. The van der Waals surface area contributed by atoms with E-state index in [0.717, 1.165) is 32.3 Å². The van der Waals surface area contributed by atoms with Gasteiger partial charge in [-0.1, -0.05) is 6.07 Å². The number of ether oxygens (including phenoxy) is 1. The molecule has 0 aliphatic carbocycles. The van der Waals surface area contributed by atoms with Gasteiger partial charge in [-0.3, -0.25) is 11.3 Å². The Kier molecular flexibility index (Phi) is 5.24. The van der Waals surface area contributed by atoms with Crippen LogP contribution in [0.4, 0.5) is 8.78 Å². The molecule has 0 saturated carbocycles. The minimum Gasteiger partial charge on any atom is -0.378 e. The third-order valence-electron chi connectivity index (χ3n) is 3.60. The van der Waals surface area contributed by atoms with Crippen molar-refractivity contribution in [3.8, 4) is 0 Å². The first-order valence-electron chi connectivity index (χ1n) is 6.74. The first-order chi connectivity index (χ1) is 9.22. The molecule has 2 rings (SSSR count). The van der Waals surface area contributed by atoms with E-state index in [1.165, 1.54) is 18.2 Å². The fourth-order valence-electron chi connectivity index (χ4n) is 2.54. The first-order valence-corrected chi connectivity index (χ1v) is 6.74. The zero-order valence-electron chi connectivity index (χ0n) is 10.9. The van der Waals surface area contributed by atoms with Crippen molar-refractivity contribution in [2.75, 3.05) is 6.61 Å². The van der Waals surface area contributed by atoms with Crippen molar-refractivity contribution in [2.45, 2.75) is 44.2 Å². The van der Waals surface area contributed by atoms with Gasteiger partial charge in [-0.2, -0.15) is 0 Å². The number of halogens is 2. The van der Waals surface area contributed by atoms with Crippen LogP contribution in [0.15, 0.2) is 18.2 Å². The summed E-state index contributed by atoms with van der Waals surface area (Å²) in [6, 6.07) is 3.33. The minimum atomic E-state index is -0.562. The number of benzene rings is 1. The molecule has 3 nitrogen and oxygen atoms in total. The Bertz CT molecular complexity index is 388. The molecule has 2 atom stereocenters. The molecule has 1 heterocycles. The van der Waals surface area contributed by atoms with E-state index in [1.54, 1.807) is 0 Å². The molecule has 2 unspecified atom stereocenters. The van der Waals surface area contributed by atoms with Crippen LogP contribution >= 0.6 is 0 Å². The molecule has 0 radical (unpaired) electrons. The Morgan fingerprint density at radius 2 is 2.05 bits per heavy atom. The van der Waals surface area contributed by atoms with Crippen molar-refractivity contribution in [1.82, 2.24) is 5.43 Å². The number of rotatable bonds is 5. The molecule has 19 heavy (non-hydrogen) atoms. The van der Waals surface area contributed by atoms with Crippen LogP contribution in [0, 0.1) is 11.6 Å². The van der Waals surface area contributed by atoms with Gasteiger partial charge in [0.25, 0.3) is 0 Å². The monoisotopic (exact) mass is 270 g/mol. The lowest BCUT2D eigenvalue weighted by atomic mass is 9.97. The van der Waals surface area contributed by atoms with E-state index in [-0.39, 0.29) is 11.7 Å². The van der Waals surface area contributed by atoms with E-state index in [1.807, 2.05) is 0 Å². The van der Waals surface area contributed by atoms with Crippen molar-refractivity contribution in [2.24, 2.45) is 5.84 Å². The number of hydrazine groups is 1. The Labute approximate surface area is 112 Å². The van der Waals surface area contributed by atoms with Gasteiger partial charge in [0.2, 0.25) is 0 Å². The summed E-state index contributed by atoms with van der Waals surface area (Å²) in [5, 5.41) is 0. The Morgan fingerprint density at radius 1 is 1.32 bits per heavy atom. The number of nitrogens with one attached hydrogen (secondary N) is 1. The topological polar surface area (TPSA) is 47.3 Å². The highest BCUT2D eigenvalue weighted by atomic mass is 19.1. The van der Waals surface area contributed by atoms with Crippen LogP contribution in [-0.2, 0) is 4.74 Å². The van der Waals surface area contributed by atoms with Gasteiger partial charge in [0.15, 0.2) is 0 Å². The smallest absolute Gasteiger partial charge is 0.130 e. The van der Waals surface area contributed by atoms with Gasteiger partial charge in [-0.05, 0) is 44.2 Å². The van der Waals surface area contributed by atoms with Gasteiger partial charge < -0.3 is 4.74 Å². The summed E-state index contributed by atoms with van der Waals surface area (Å²) in [7, 11) is 0. The SMILES string of the molecule is NNC(CCC1CCCCO1)c1c(F)cccc1F. The average molecular weight is 270 g/mol. The van der Waals surface area contributed by atoms with Crippen molar-refractivity contribution in [3.05, 3.63) is 35.4 Å². The molecule has 3 N–H and O–H groups in total. The maximum absolute atomic E-state index is 13.7. The van der Waals surface area contributed by atoms with Crippen LogP contribution < -0.4 is 11.3 Å². The molecule has 0 bridgehead atoms. The molecular formula is C14H20F2N2O. The van der Waals surface area contributed by atoms with Gasteiger partial charge >= 0.3 is 0 Å². The highest BCUT2D eigenvalue weighted by molar-refractivity contribution is 5.23. The van der Waals surface area contributed by atoms with E-state index in [9.17, 15) is 8.78 Å². The molecular weight excluding hydrogens is 250 g/mol. The second kappa shape index (κ2) is 6.93. The maximum Gasteiger partial charge on any atom is 0.130 e. The maximum atomic E-state index is 13.7. The first kappa shape index (κ1) is 14.4. The van der Waals surface area contributed by atoms with Crippen molar-refractivity contribution in [1.29, 1.82) is 0 Å².